The van der Waals surface area contributed by atoms with Crippen molar-refractivity contribution in [2.45, 2.75) is 6.42 Å². The summed E-state index contributed by atoms with van der Waals surface area (Å²) < 4.78 is 27.7. The second-order valence-electron chi connectivity index (χ2n) is 4.60. The quantitative estimate of drug-likeness (QED) is 0.787. The molecule has 9 heteroatoms. The van der Waals surface area contributed by atoms with Crippen molar-refractivity contribution in [1.82, 2.24) is 4.31 Å². The molecule has 0 aliphatic heterocycles. The average molecular weight is 336 g/mol. The van der Waals surface area contributed by atoms with Crippen molar-refractivity contribution in [2.75, 3.05) is 37.3 Å². The molecule has 0 unspecified atom stereocenters. The van der Waals surface area contributed by atoms with Crippen LogP contribution in [0.2, 0.25) is 5.02 Å². The number of benzene rings is 1. The number of hydrogen-bond acceptors (Lipinski definition) is 4. The Kier molecular flexibility index (Phi) is 5.82. The minimum absolute atomic E-state index is 0.122. The van der Waals surface area contributed by atoms with Gasteiger partial charge in [-0.25, -0.2) is 0 Å². The fourth-order valence-electron chi connectivity index (χ4n) is 1.64. The van der Waals surface area contributed by atoms with E-state index in [0.717, 1.165) is 4.31 Å². The lowest BCUT2D eigenvalue weighted by Gasteiger charge is -2.22. The van der Waals surface area contributed by atoms with Crippen LogP contribution in [0.4, 0.5) is 11.4 Å². The minimum Gasteiger partial charge on any atom is -0.481 e. The van der Waals surface area contributed by atoms with Crippen molar-refractivity contribution >= 4 is 39.2 Å². The first kappa shape index (κ1) is 17.5. The molecule has 0 aliphatic rings. The van der Waals surface area contributed by atoms with Crippen LogP contribution in [0, 0.1) is 0 Å². The van der Waals surface area contributed by atoms with E-state index < -0.39 is 16.2 Å². The highest BCUT2D eigenvalue weighted by Gasteiger charge is 2.21. The van der Waals surface area contributed by atoms with Crippen LogP contribution in [-0.2, 0) is 15.0 Å². The summed E-state index contributed by atoms with van der Waals surface area (Å²) in [6.45, 7) is -0.122. The topological polar surface area (TPSA) is 90.0 Å². The van der Waals surface area contributed by atoms with Gasteiger partial charge in [0.15, 0.2) is 0 Å². The summed E-state index contributed by atoms with van der Waals surface area (Å²) in [6.07, 6.45) is -0.270. The number of hydrogen-bond donors (Lipinski definition) is 2. The molecule has 0 aliphatic carbocycles. The Morgan fingerprint density at radius 1 is 1.33 bits per heavy atom. The summed E-state index contributed by atoms with van der Waals surface area (Å²) in [5.74, 6) is -1.06. The zero-order chi connectivity index (χ0) is 16.2. The molecule has 1 rings (SSSR count). The third-order valence-corrected chi connectivity index (χ3v) is 4.51. The Morgan fingerprint density at radius 2 is 1.95 bits per heavy atom. The van der Waals surface area contributed by atoms with E-state index in [1.165, 1.54) is 7.05 Å². The van der Waals surface area contributed by atoms with Crippen LogP contribution in [-0.4, -0.2) is 51.5 Å². The van der Waals surface area contributed by atoms with E-state index in [-0.39, 0.29) is 13.0 Å². The second kappa shape index (κ2) is 6.97. The highest BCUT2D eigenvalue weighted by Crippen LogP contribution is 2.33. The van der Waals surface area contributed by atoms with Gasteiger partial charge in [0.2, 0.25) is 0 Å². The van der Waals surface area contributed by atoms with E-state index in [1.807, 2.05) is 0 Å². The molecule has 2 N–H and O–H groups in total. The van der Waals surface area contributed by atoms with E-state index in [0.29, 0.717) is 16.4 Å². The minimum atomic E-state index is -3.85. The molecule has 1 aromatic carbocycles. The van der Waals surface area contributed by atoms with Gasteiger partial charge in [-0.15, -0.1) is 0 Å². The second-order valence-corrected chi connectivity index (χ2v) is 6.79. The summed E-state index contributed by atoms with van der Waals surface area (Å²) in [5.41, 5.74) is 0.865. The number of aliphatic carboxylic acids is 1. The molecule has 0 radical (unpaired) electrons. The molecular formula is C12H18ClN3O4S. The highest BCUT2D eigenvalue weighted by molar-refractivity contribution is 7.90. The van der Waals surface area contributed by atoms with Crippen molar-refractivity contribution in [1.29, 1.82) is 0 Å². The van der Waals surface area contributed by atoms with Gasteiger partial charge in [0.25, 0.3) is 0 Å². The van der Waals surface area contributed by atoms with Gasteiger partial charge in [0, 0.05) is 27.7 Å². The van der Waals surface area contributed by atoms with Crippen molar-refractivity contribution in [3.63, 3.8) is 0 Å². The number of nitrogens with zero attached hydrogens (tertiary/aromatic N) is 2. The van der Waals surface area contributed by atoms with Crippen LogP contribution in [0.5, 0.6) is 0 Å². The predicted octanol–water partition coefficient (Wildman–Crippen LogP) is 1.47. The summed E-state index contributed by atoms with van der Waals surface area (Å²) in [4.78, 5) is 12.2. The maximum atomic E-state index is 12.2. The smallest absolute Gasteiger partial charge is 0.304 e. The van der Waals surface area contributed by atoms with Gasteiger partial charge in [-0.3, -0.25) is 9.52 Å². The molecule has 0 spiro atoms. The van der Waals surface area contributed by atoms with Crippen LogP contribution >= 0.6 is 11.6 Å². The number of anilines is 2. The highest BCUT2D eigenvalue weighted by atomic mass is 35.5. The van der Waals surface area contributed by atoms with Gasteiger partial charge >= 0.3 is 16.2 Å². The molecule has 0 saturated heterocycles. The van der Waals surface area contributed by atoms with Gasteiger partial charge < -0.3 is 10.0 Å². The van der Waals surface area contributed by atoms with Crippen molar-refractivity contribution in [3.05, 3.63) is 23.2 Å². The van der Waals surface area contributed by atoms with E-state index in [9.17, 15) is 13.2 Å². The molecule has 0 atom stereocenters. The van der Waals surface area contributed by atoms with Gasteiger partial charge in [-0.05, 0) is 12.1 Å². The monoisotopic (exact) mass is 335 g/mol. The molecule has 21 heavy (non-hydrogen) atoms. The van der Waals surface area contributed by atoms with E-state index in [1.54, 1.807) is 37.2 Å². The van der Waals surface area contributed by atoms with Crippen molar-refractivity contribution in [3.8, 4) is 0 Å². The SMILES string of the molecule is CN(C)c1c(Cl)cccc1NS(=O)(=O)N(C)CCC(=O)O. The summed E-state index contributed by atoms with van der Waals surface area (Å²) >= 11 is 6.07. The number of nitrogens with one attached hydrogen (secondary N) is 1. The number of carboxylic acid groups (broad SMARTS) is 1. The van der Waals surface area contributed by atoms with Gasteiger partial charge in [-0.1, -0.05) is 17.7 Å². The fourth-order valence-corrected chi connectivity index (χ4v) is 2.92. The number of para-hydroxylation sites is 1. The molecule has 0 fully saturated rings. The van der Waals surface area contributed by atoms with Gasteiger partial charge in [-0.2, -0.15) is 12.7 Å². The molecule has 0 bridgehead atoms. The fraction of sp³-hybridized carbons (Fsp3) is 0.417. The van der Waals surface area contributed by atoms with E-state index in [4.69, 9.17) is 16.7 Å². The summed E-state index contributed by atoms with van der Waals surface area (Å²) in [7, 11) is 0.950. The zero-order valence-electron chi connectivity index (χ0n) is 12.0. The molecule has 1 aromatic rings. The molecular weight excluding hydrogens is 318 g/mol. The van der Waals surface area contributed by atoms with Crippen LogP contribution in [0.1, 0.15) is 6.42 Å². The maximum absolute atomic E-state index is 12.2. The first-order valence-electron chi connectivity index (χ1n) is 6.07. The number of carbonyl (C=O) groups is 1. The lowest BCUT2D eigenvalue weighted by molar-refractivity contribution is -0.137. The number of halogens is 1. The summed E-state index contributed by atoms with van der Waals surface area (Å²) in [5, 5.41) is 9.02. The van der Waals surface area contributed by atoms with Crippen molar-refractivity contribution in [2.24, 2.45) is 0 Å². The number of carboxylic acids is 1. The third-order valence-electron chi connectivity index (χ3n) is 2.72. The third kappa shape index (κ3) is 4.76. The van der Waals surface area contributed by atoms with Gasteiger partial charge in [0.05, 0.1) is 22.8 Å². The molecule has 0 aromatic heterocycles. The van der Waals surface area contributed by atoms with E-state index in [2.05, 4.69) is 4.72 Å². The first-order chi connectivity index (χ1) is 9.65. The lowest BCUT2D eigenvalue weighted by atomic mass is 10.2. The molecule has 0 amide bonds. The Hall–Kier alpha value is -1.51. The van der Waals surface area contributed by atoms with Gasteiger partial charge in [0.1, 0.15) is 0 Å². The Balaban J connectivity index is 2.99. The molecule has 0 heterocycles. The lowest BCUT2D eigenvalue weighted by Crippen LogP contribution is -2.34. The zero-order valence-corrected chi connectivity index (χ0v) is 13.6. The molecule has 7 nitrogen and oxygen atoms in total. The van der Waals surface area contributed by atoms with Crippen LogP contribution in [0.15, 0.2) is 18.2 Å². The maximum Gasteiger partial charge on any atom is 0.304 e. The first-order valence-corrected chi connectivity index (χ1v) is 7.88. The largest absolute Gasteiger partial charge is 0.481 e. The Morgan fingerprint density at radius 3 is 2.48 bits per heavy atom. The standard InChI is InChI=1S/C12H18ClN3O4S/c1-15(2)12-9(13)5-4-6-10(12)14-21(19,20)16(3)8-7-11(17)18/h4-6,14H,7-8H2,1-3H3,(H,17,18). The predicted molar refractivity (Wildman–Crippen MR) is 83.2 cm³/mol. The summed E-state index contributed by atoms with van der Waals surface area (Å²) in [6, 6.07) is 4.87. The molecule has 0 saturated carbocycles. The van der Waals surface area contributed by atoms with Crippen LogP contribution in [0.25, 0.3) is 0 Å². The number of rotatable bonds is 7. The van der Waals surface area contributed by atoms with Crippen LogP contribution in [0.3, 0.4) is 0 Å². The van der Waals surface area contributed by atoms with E-state index >= 15 is 0 Å². The average Bonchev–Trinajstić information content (AvgIpc) is 2.34. The Bertz CT molecular complexity index is 619. The molecule has 118 valence electrons. The normalized spacial score (nSPS) is 11.5. The van der Waals surface area contributed by atoms with Crippen LogP contribution < -0.4 is 9.62 Å². The van der Waals surface area contributed by atoms with Crippen molar-refractivity contribution < 1.29 is 18.3 Å². The Labute approximate surface area is 129 Å².